The molecule has 2 aromatic rings. The number of benzene rings is 1. The number of halogens is 1. The Labute approximate surface area is 220 Å². The van der Waals surface area contributed by atoms with Crippen molar-refractivity contribution in [1.29, 1.82) is 0 Å². The van der Waals surface area contributed by atoms with E-state index in [-0.39, 0.29) is 24.4 Å². The molecule has 0 bridgehead atoms. The lowest BCUT2D eigenvalue weighted by Gasteiger charge is -2.39. The maximum atomic E-state index is 12.1. The van der Waals surface area contributed by atoms with Gasteiger partial charge in [0.2, 0.25) is 5.88 Å². The second kappa shape index (κ2) is 12.4. The number of rotatable bonds is 12. The average Bonchev–Trinajstić information content (AvgIpc) is 2.81. The highest BCUT2D eigenvalue weighted by Gasteiger charge is 2.36. The van der Waals surface area contributed by atoms with Gasteiger partial charge in [-0.2, -0.15) is 0 Å². The predicted octanol–water partition coefficient (Wildman–Crippen LogP) is 4.60. The molecular weight excluding hydrogens is 528 g/mol. The van der Waals surface area contributed by atoms with E-state index in [1.807, 2.05) is 42.5 Å². The third-order valence-corrected chi connectivity index (χ3v) is 7.37. The molecule has 1 saturated heterocycles. The third-order valence-electron chi connectivity index (χ3n) is 6.90. The molecule has 3 fully saturated rings. The fourth-order valence-electron chi connectivity index (χ4n) is 4.50. The summed E-state index contributed by atoms with van der Waals surface area (Å²) in [6, 6.07) is 13.5. The van der Waals surface area contributed by atoms with Gasteiger partial charge in [-0.1, -0.05) is 30.3 Å². The van der Waals surface area contributed by atoms with Gasteiger partial charge in [0, 0.05) is 36.2 Å². The molecule has 2 saturated carbocycles. The SMILES string of the molecule is O=C(OCc1ccccc1)N1CC(OCCOC2CC(CO[C@H]3C[C@H](Oc4ccc(Br)cn4)C3)C2)C1. The molecule has 1 amide bonds. The zero-order chi connectivity index (χ0) is 24.7. The topological polar surface area (TPSA) is 79.4 Å². The van der Waals surface area contributed by atoms with Gasteiger partial charge in [0.1, 0.15) is 12.7 Å². The molecule has 1 aliphatic heterocycles. The molecule has 0 radical (unpaired) electrons. The van der Waals surface area contributed by atoms with Crippen molar-refractivity contribution in [2.75, 3.05) is 32.9 Å². The van der Waals surface area contributed by atoms with Crippen molar-refractivity contribution in [3.63, 3.8) is 0 Å². The van der Waals surface area contributed by atoms with E-state index in [9.17, 15) is 4.79 Å². The molecular formula is C27H33BrN2O6. The van der Waals surface area contributed by atoms with E-state index < -0.39 is 0 Å². The number of carbonyl (C=O) groups is 1. The van der Waals surface area contributed by atoms with Crippen molar-refractivity contribution in [2.45, 2.75) is 56.7 Å². The summed E-state index contributed by atoms with van der Waals surface area (Å²) in [5, 5.41) is 0. The second-order valence-corrected chi connectivity index (χ2v) is 10.7. The van der Waals surface area contributed by atoms with Gasteiger partial charge in [-0.3, -0.25) is 0 Å². The lowest BCUT2D eigenvalue weighted by molar-refractivity contribution is -0.117. The molecule has 1 aromatic heterocycles. The highest BCUT2D eigenvalue weighted by atomic mass is 79.9. The molecule has 9 heteroatoms. The lowest BCUT2D eigenvalue weighted by Crippen LogP contribution is -2.55. The van der Waals surface area contributed by atoms with Crippen LogP contribution in [0.15, 0.2) is 53.1 Å². The van der Waals surface area contributed by atoms with Gasteiger partial charge < -0.3 is 28.6 Å². The Balaban J connectivity index is 0.831. The Morgan fingerprint density at radius 2 is 1.61 bits per heavy atom. The zero-order valence-electron chi connectivity index (χ0n) is 20.3. The molecule has 5 rings (SSSR count). The number of aromatic nitrogens is 1. The van der Waals surface area contributed by atoms with E-state index >= 15 is 0 Å². The van der Waals surface area contributed by atoms with Crippen LogP contribution in [0.3, 0.4) is 0 Å². The number of carbonyl (C=O) groups excluding carboxylic acids is 1. The summed E-state index contributed by atoms with van der Waals surface area (Å²) in [7, 11) is 0. The molecule has 0 atom stereocenters. The summed E-state index contributed by atoms with van der Waals surface area (Å²) < 4.78 is 29.9. The molecule has 36 heavy (non-hydrogen) atoms. The minimum atomic E-state index is -0.288. The van der Waals surface area contributed by atoms with Gasteiger partial charge in [-0.05, 0) is 46.3 Å². The van der Waals surface area contributed by atoms with Crippen molar-refractivity contribution in [1.82, 2.24) is 9.88 Å². The summed E-state index contributed by atoms with van der Waals surface area (Å²) in [6.45, 7) is 3.36. The van der Waals surface area contributed by atoms with Crippen molar-refractivity contribution in [3.8, 4) is 5.88 Å². The first-order chi connectivity index (χ1) is 17.6. The molecule has 0 N–H and O–H groups in total. The smallest absolute Gasteiger partial charge is 0.410 e. The molecule has 194 valence electrons. The molecule has 2 heterocycles. The van der Waals surface area contributed by atoms with Crippen LogP contribution in [0.25, 0.3) is 0 Å². The monoisotopic (exact) mass is 560 g/mol. The van der Waals surface area contributed by atoms with Crippen LogP contribution in [0, 0.1) is 5.92 Å². The van der Waals surface area contributed by atoms with Gasteiger partial charge in [0.15, 0.2) is 0 Å². The predicted molar refractivity (Wildman–Crippen MR) is 136 cm³/mol. The molecule has 8 nitrogen and oxygen atoms in total. The van der Waals surface area contributed by atoms with E-state index in [0.29, 0.717) is 50.8 Å². The van der Waals surface area contributed by atoms with Gasteiger partial charge in [0.05, 0.1) is 44.6 Å². The fraction of sp³-hybridized carbons (Fsp3) is 0.556. The average molecular weight is 561 g/mol. The van der Waals surface area contributed by atoms with Gasteiger partial charge >= 0.3 is 6.09 Å². The van der Waals surface area contributed by atoms with E-state index in [1.54, 1.807) is 11.1 Å². The van der Waals surface area contributed by atoms with Gasteiger partial charge in [-0.25, -0.2) is 9.78 Å². The van der Waals surface area contributed by atoms with E-state index in [2.05, 4.69) is 20.9 Å². The van der Waals surface area contributed by atoms with Crippen LogP contribution in [-0.4, -0.2) is 73.3 Å². The number of ether oxygens (including phenoxy) is 5. The normalized spacial score (nSPS) is 25.4. The summed E-state index contributed by atoms with van der Waals surface area (Å²) in [5.74, 6) is 1.24. The standard InChI is InChI=1S/C27H33BrN2O6/c28-21-6-7-26(29-14-21)36-24-12-23(13-24)34-18-20-10-22(11-20)32-8-9-33-25-15-30(16-25)27(31)35-17-19-4-2-1-3-5-19/h1-7,14,20,22-25H,8-13,15-18H2/t20?,22?,23-,24-. The number of likely N-dealkylation sites (tertiary alicyclic amines) is 1. The molecule has 1 aromatic carbocycles. The highest BCUT2D eigenvalue weighted by Crippen LogP contribution is 2.33. The first-order valence-corrected chi connectivity index (χ1v) is 13.5. The van der Waals surface area contributed by atoms with Crippen LogP contribution in [0.2, 0.25) is 0 Å². The lowest BCUT2D eigenvalue weighted by atomic mass is 9.82. The number of amides is 1. The minimum absolute atomic E-state index is 0.0650. The van der Waals surface area contributed by atoms with Crippen molar-refractivity contribution < 1.29 is 28.5 Å². The maximum absolute atomic E-state index is 12.1. The zero-order valence-corrected chi connectivity index (χ0v) is 21.9. The number of nitrogens with zero attached hydrogens (tertiary/aromatic N) is 2. The van der Waals surface area contributed by atoms with Crippen LogP contribution in [0.5, 0.6) is 5.88 Å². The summed E-state index contributed by atoms with van der Waals surface area (Å²) in [6.07, 6.45) is 6.24. The fourth-order valence-corrected chi connectivity index (χ4v) is 4.74. The van der Waals surface area contributed by atoms with Crippen molar-refractivity contribution >= 4 is 22.0 Å². The van der Waals surface area contributed by atoms with E-state index in [0.717, 1.165) is 42.3 Å². The van der Waals surface area contributed by atoms with E-state index in [1.165, 1.54) is 0 Å². The number of pyridine rings is 1. The van der Waals surface area contributed by atoms with Crippen LogP contribution in [-0.2, 0) is 25.6 Å². The Kier molecular flexibility index (Phi) is 8.74. The second-order valence-electron chi connectivity index (χ2n) is 9.75. The third kappa shape index (κ3) is 7.18. The minimum Gasteiger partial charge on any atom is -0.474 e. The van der Waals surface area contributed by atoms with Crippen LogP contribution < -0.4 is 4.74 Å². The van der Waals surface area contributed by atoms with Gasteiger partial charge in [0.25, 0.3) is 0 Å². The molecule has 2 aliphatic carbocycles. The van der Waals surface area contributed by atoms with E-state index in [4.69, 9.17) is 23.7 Å². The number of hydrogen-bond acceptors (Lipinski definition) is 7. The Hall–Kier alpha value is -2.20. The van der Waals surface area contributed by atoms with Crippen LogP contribution in [0.1, 0.15) is 31.2 Å². The summed E-state index contributed by atoms with van der Waals surface area (Å²) >= 11 is 3.38. The molecule has 0 spiro atoms. The van der Waals surface area contributed by atoms with Crippen molar-refractivity contribution in [3.05, 3.63) is 58.7 Å². The van der Waals surface area contributed by atoms with Crippen molar-refractivity contribution in [2.24, 2.45) is 5.92 Å². The first-order valence-electron chi connectivity index (χ1n) is 12.7. The van der Waals surface area contributed by atoms with Crippen LogP contribution >= 0.6 is 15.9 Å². The quantitative estimate of drug-likeness (QED) is 0.351. The Morgan fingerprint density at radius 3 is 2.33 bits per heavy atom. The summed E-state index contributed by atoms with van der Waals surface area (Å²) in [5.41, 5.74) is 0.984. The maximum Gasteiger partial charge on any atom is 0.410 e. The van der Waals surface area contributed by atoms with Crippen LogP contribution in [0.4, 0.5) is 4.79 Å². The first kappa shape index (κ1) is 25.4. The Morgan fingerprint density at radius 1 is 0.889 bits per heavy atom. The number of hydrogen-bond donors (Lipinski definition) is 0. The molecule has 0 unspecified atom stereocenters. The Bertz CT molecular complexity index is 960. The molecule has 3 aliphatic rings. The van der Waals surface area contributed by atoms with Gasteiger partial charge in [-0.15, -0.1) is 0 Å². The summed E-state index contributed by atoms with van der Waals surface area (Å²) in [4.78, 5) is 18.0. The largest absolute Gasteiger partial charge is 0.474 e. The highest BCUT2D eigenvalue weighted by molar-refractivity contribution is 9.10.